The van der Waals surface area contributed by atoms with E-state index in [9.17, 15) is 38.7 Å². The van der Waals surface area contributed by atoms with Gasteiger partial charge in [0.05, 0.1) is 14.2 Å². The zero-order valence-corrected chi connectivity index (χ0v) is 42.2. The van der Waals surface area contributed by atoms with E-state index in [2.05, 4.69) is 57.8 Å². The summed E-state index contributed by atoms with van der Waals surface area (Å²) in [5, 5.41) is 23.7. The fourth-order valence-electron chi connectivity index (χ4n) is 8.42. The number of hydrogen-bond donors (Lipinski definition) is 6. The number of ether oxygens (including phenoxy) is 3. The molecule has 17 heteroatoms. The first-order valence-electron chi connectivity index (χ1n) is 23.9. The lowest BCUT2D eigenvalue weighted by atomic mass is 9.92. The average molecular weight is 977 g/mol. The molecule has 4 aromatic carbocycles. The molecule has 4 bridgehead atoms. The number of rotatable bonds is 18. The van der Waals surface area contributed by atoms with Crippen molar-refractivity contribution in [1.82, 2.24) is 31.5 Å². The lowest BCUT2D eigenvalue weighted by Gasteiger charge is -2.32. The number of carbonyl (C=O) groups is 7. The van der Waals surface area contributed by atoms with Gasteiger partial charge in [-0.3, -0.25) is 24.0 Å². The Hall–Kier alpha value is -7.43. The molecule has 0 radical (unpaired) electrons. The maximum Gasteiger partial charge on any atom is 0.407 e. The Bertz CT molecular complexity index is 2560. The van der Waals surface area contributed by atoms with Crippen LogP contribution in [0.25, 0.3) is 22.3 Å². The minimum atomic E-state index is -1.41. The molecule has 71 heavy (non-hydrogen) atoms. The number of unbranched alkanes of at least 4 members (excludes halogenated alkanes) is 1. The number of carboxylic acid groups (broad SMARTS) is 1. The van der Waals surface area contributed by atoms with Crippen LogP contribution < -0.4 is 36.1 Å². The summed E-state index contributed by atoms with van der Waals surface area (Å²) < 4.78 is 17.0. The highest BCUT2D eigenvalue weighted by Crippen LogP contribution is 2.41. The van der Waals surface area contributed by atoms with Gasteiger partial charge in [0.1, 0.15) is 41.3 Å². The molecule has 6 N–H and O–H groups in total. The summed E-state index contributed by atoms with van der Waals surface area (Å²) in [5.74, 6) is -3.56. The van der Waals surface area contributed by atoms with Crippen LogP contribution in [0.1, 0.15) is 105 Å². The van der Waals surface area contributed by atoms with Gasteiger partial charge in [0, 0.05) is 49.7 Å². The van der Waals surface area contributed by atoms with Crippen LogP contribution in [0.15, 0.2) is 78.9 Å². The molecule has 1 unspecified atom stereocenters. The SMILES string of the molecule is CCCc1ccc(-c2ccc(C(=O)NCCC(=O)NC(CCCCNC(=O)OC(C)(C)C)C(=O)N(C)[C@@H]3C(=O)N[C@@H](C)C(=O)N[C@H](C(=O)O)Cc4cc(C)c(OC)c(c4)-c4cc3ccc4OC)cc2)cc1. The van der Waals surface area contributed by atoms with Gasteiger partial charge in [-0.2, -0.15) is 0 Å². The summed E-state index contributed by atoms with van der Waals surface area (Å²) >= 11 is 0. The molecule has 380 valence electrons. The van der Waals surface area contributed by atoms with Crippen LogP contribution in [0.5, 0.6) is 11.5 Å². The predicted octanol–water partition coefficient (Wildman–Crippen LogP) is 6.43. The van der Waals surface area contributed by atoms with E-state index in [1.54, 1.807) is 70.2 Å². The van der Waals surface area contributed by atoms with Gasteiger partial charge in [0.2, 0.25) is 23.6 Å². The van der Waals surface area contributed by atoms with Crippen LogP contribution in [-0.4, -0.2) is 110 Å². The molecule has 0 spiro atoms. The van der Waals surface area contributed by atoms with Crippen molar-refractivity contribution in [2.24, 2.45) is 0 Å². The van der Waals surface area contributed by atoms with Crippen molar-refractivity contribution in [3.05, 3.63) is 107 Å². The van der Waals surface area contributed by atoms with Crippen molar-refractivity contribution in [3.8, 4) is 33.8 Å². The largest absolute Gasteiger partial charge is 0.496 e. The van der Waals surface area contributed by atoms with E-state index >= 15 is 0 Å². The fourth-order valence-corrected chi connectivity index (χ4v) is 8.42. The highest BCUT2D eigenvalue weighted by Gasteiger charge is 2.36. The standard InChI is InChI=1S/C54H68N6O11/c1-10-13-34-15-17-36(18-16-34)37-19-21-38(22-20-37)49(63)55-27-25-45(61)58-42(14-11-12-26-56-53(68)71-54(4,5)6)51(65)60(7)46-39-23-24-44(69-8)40(31-39)41-29-35(28-32(2)47(41)70-9)30-43(52(66)67)59-48(62)33(3)57-50(46)64/h15-24,28-29,31,33,42-43,46H,10-14,25-27,30H2,1-9H3,(H,55,63)(H,56,68)(H,57,64)(H,58,61)(H,59,62)(H,66,67)/t33-,42?,43-,46-/m0/s1. The number of nitrogens with one attached hydrogen (secondary N) is 5. The first-order valence-corrected chi connectivity index (χ1v) is 23.9. The second kappa shape index (κ2) is 24.9. The summed E-state index contributed by atoms with van der Waals surface area (Å²) in [7, 11) is 4.38. The number of carboxylic acids is 1. The molecule has 0 saturated heterocycles. The van der Waals surface area contributed by atoms with Crippen molar-refractivity contribution in [2.75, 3.05) is 34.4 Å². The third-order valence-electron chi connectivity index (χ3n) is 12.0. The summed E-state index contributed by atoms with van der Waals surface area (Å²) in [6, 6.07) is 18.7. The molecule has 1 aliphatic rings. The van der Waals surface area contributed by atoms with Crippen molar-refractivity contribution in [2.45, 2.75) is 116 Å². The Labute approximate surface area is 415 Å². The number of benzene rings is 4. The molecule has 0 saturated carbocycles. The van der Waals surface area contributed by atoms with Crippen LogP contribution >= 0.6 is 0 Å². The Balaban J connectivity index is 1.41. The number of nitrogens with zero attached hydrogens (tertiary/aromatic N) is 1. The van der Waals surface area contributed by atoms with E-state index in [1.165, 1.54) is 38.7 Å². The van der Waals surface area contributed by atoms with E-state index < -0.39 is 65.5 Å². The number of aryl methyl sites for hydroxylation is 2. The van der Waals surface area contributed by atoms with Crippen molar-refractivity contribution in [1.29, 1.82) is 0 Å². The van der Waals surface area contributed by atoms with Crippen LogP contribution in [0.3, 0.4) is 0 Å². The summed E-state index contributed by atoms with van der Waals surface area (Å²) in [5.41, 5.74) is 5.49. The molecule has 6 amide bonds. The normalized spacial score (nSPS) is 16.2. The molecule has 5 rings (SSSR count). The van der Waals surface area contributed by atoms with Gasteiger partial charge in [-0.15, -0.1) is 0 Å². The van der Waals surface area contributed by atoms with E-state index in [4.69, 9.17) is 14.2 Å². The van der Waals surface area contributed by atoms with E-state index in [-0.39, 0.29) is 38.3 Å². The fraction of sp³-hybridized carbons (Fsp3) is 0.426. The van der Waals surface area contributed by atoms with E-state index in [1.807, 2.05) is 12.1 Å². The summed E-state index contributed by atoms with van der Waals surface area (Å²) in [6.45, 7) is 10.7. The number of methoxy groups -OCH3 is 2. The van der Waals surface area contributed by atoms with E-state index in [0.29, 0.717) is 57.7 Å². The molecule has 1 heterocycles. The second-order valence-electron chi connectivity index (χ2n) is 18.7. The second-order valence-corrected chi connectivity index (χ2v) is 18.7. The predicted molar refractivity (Wildman–Crippen MR) is 269 cm³/mol. The number of alkyl carbamates (subject to hydrolysis) is 1. The van der Waals surface area contributed by atoms with Gasteiger partial charge in [-0.25, -0.2) is 9.59 Å². The molecular weight excluding hydrogens is 909 g/mol. The van der Waals surface area contributed by atoms with Crippen LogP contribution in [0.2, 0.25) is 0 Å². The summed E-state index contributed by atoms with van der Waals surface area (Å²) in [4.78, 5) is 95.7. The molecule has 0 aromatic heterocycles. The van der Waals surface area contributed by atoms with Crippen molar-refractivity contribution < 1.29 is 52.9 Å². The number of aliphatic carboxylic acids is 1. The van der Waals surface area contributed by atoms with Gasteiger partial charge in [-0.1, -0.05) is 61.9 Å². The van der Waals surface area contributed by atoms with Gasteiger partial charge >= 0.3 is 12.1 Å². The number of likely N-dealkylation sites (N-methyl/N-ethyl adjacent to an activating group) is 1. The third-order valence-corrected chi connectivity index (χ3v) is 12.0. The van der Waals surface area contributed by atoms with Crippen LogP contribution in [0, 0.1) is 6.92 Å². The molecule has 17 nitrogen and oxygen atoms in total. The minimum absolute atomic E-state index is 0.0473. The Morgan fingerprint density at radius 2 is 1.51 bits per heavy atom. The quantitative estimate of drug-likeness (QED) is 0.0596. The lowest BCUT2D eigenvalue weighted by Crippen LogP contribution is -2.55. The average Bonchev–Trinajstić information content (AvgIpc) is 3.32. The Morgan fingerprint density at radius 3 is 2.13 bits per heavy atom. The highest BCUT2D eigenvalue weighted by molar-refractivity contribution is 5.97. The van der Waals surface area contributed by atoms with Crippen LogP contribution in [-0.2, 0) is 41.6 Å². The maximum atomic E-state index is 14.8. The van der Waals surface area contributed by atoms with Gasteiger partial charge in [0.25, 0.3) is 5.91 Å². The number of carbonyl (C=O) groups excluding carboxylic acids is 6. The third kappa shape index (κ3) is 15.0. The molecule has 4 atom stereocenters. The minimum Gasteiger partial charge on any atom is -0.496 e. The van der Waals surface area contributed by atoms with Crippen molar-refractivity contribution >= 4 is 41.6 Å². The van der Waals surface area contributed by atoms with Gasteiger partial charge < -0.3 is 50.8 Å². The Morgan fingerprint density at radius 1 is 0.831 bits per heavy atom. The monoisotopic (exact) mass is 976 g/mol. The molecule has 4 aromatic rings. The van der Waals surface area contributed by atoms with E-state index in [0.717, 1.165) is 24.0 Å². The van der Waals surface area contributed by atoms with Crippen LogP contribution in [0.4, 0.5) is 4.79 Å². The maximum absolute atomic E-state index is 14.8. The summed E-state index contributed by atoms with van der Waals surface area (Å²) in [6.07, 6.45) is 2.02. The molecule has 1 aliphatic heterocycles. The zero-order valence-electron chi connectivity index (χ0n) is 42.2. The molecule has 0 aliphatic carbocycles. The smallest absolute Gasteiger partial charge is 0.407 e. The lowest BCUT2D eigenvalue weighted by molar-refractivity contribution is -0.144. The molecule has 0 fully saturated rings. The first kappa shape index (κ1) is 54.5. The first-order chi connectivity index (χ1) is 33.7. The Kier molecular flexibility index (Phi) is 19.1. The topological polar surface area (TPSA) is 231 Å². The highest BCUT2D eigenvalue weighted by atomic mass is 16.6. The number of amides is 6. The zero-order chi connectivity index (χ0) is 52.0. The number of hydrogen-bond acceptors (Lipinski definition) is 10. The van der Waals surface area contributed by atoms with Crippen molar-refractivity contribution in [3.63, 3.8) is 0 Å². The number of fused-ring (bicyclic) bond motifs is 5. The molecular formula is C54H68N6O11. The van der Waals surface area contributed by atoms with Gasteiger partial charge in [0.15, 0.2) is 0 Å². The van der Waals surface area contributed by atoms with Gasteiger partial charge in [-0.05, 0) is 124 Å².